The Labute approximate surface area is 116 Å². The van der Waals surface area contributed by atoms with Crippen molar-refractivity contribution in [3.05, 3.63) is 29.3 Å². The predicted molar refractivity (Wildman–Crippen MR) is 78.6 cm³/mol. The summed E-state index contributed by atoms with van der Waals surface area (Å²) >= 11 is 0. The minimum atomic E-state index is -3.41. The summed E-state index contributed by atoms with van der Waals surface area (Å²) in [5.74, 6) is 0.292. The number of benzene rings is 1. The lowest BCUT2D eigenvalue weighted by Gasteiger charge is -2.12. The highest BCUT2D eigenvalue weighted by Crippen LogP contribution is 2.17. The fourth-order valence-corrected chi connectivity index (χ4v) is 3.17. The standard InChI is InChI=1S/C14H24N2O2S/c1-5-15-10-13-7-6-12(4)14(8-13)19(17,18)16-9-11(2)3/h6-8,11,15-16H,5,9-10H2,1-4H3. The van der Waals surface area contributed by atoms with Gasteiger partial charge in [0.2, 0.25) is 10.0 Å². The third-order valence-electron chi connectivity index (χ3n) is 2.80. The van der Waals surface area contributed by atoms with Gasteiger partial charge in [0.15, 0.2) is 0 Å². The summed E-state index contributed by atoms with van der Waals surface area (Å²) in [4.78, 5) is 0.378. The van der Waals surface area contributed by atoms with Crippen LogP contribution in [0.1, 0.15) is 31.9 Å². The van der Waals surface area contributed by atoms with Gasteiger partial charge in [-0.05, 0) is 36.6 Å². The second-order valence-electron chi connectivity index (χ2n) is 5.13. The topological polar surface area (TPSA) is 58.2 Å². The minimum Gasteiger partial charge on any atom is -0.313 e. The van der Waals surface area contributed by atoms with Gasteiger partial charge < -0.3 is 5.32 Å². The van der Waals surface area contributed by atoms with Crippen LogP contribution in [0.2, 0.25) is 0 Å². The number of nitrogens with one attached hydrogen (secondary N) is 2. The molecule has 0 fully saturated rings. The van der Waals surface area contributed by atoms with Crippen LogP contribution in [0.15, 0.2) is 23.1 Å². The van der Waals surface area contributed by atoms with E-state index >= 15 is 0 Å². The third kappa shape index (κ3) is 4.93. The maximum atomic E-state index is 12.3. The molecule has 19 heavy (non-hydrogen) atoms. The first-order valence-corrected chi connectivity index (χ1v) is 8.15. The molecule has 0 heterocycles. The van der Waals surface area contributed by atoms with Crippen molar-refractivity contribution < 1.29 is 8.42 Å². The van der Waals surface area contributed by atoms with Gasteiger partial charge >= 0.3 is 0 Å². The summed E-state index contributed by atoms with van der Waals surface area (Å²) in [6.07, 6.45) is 0. The first-order valence-electron chi connectivity index (χ1n) is 6.66. The van der Waals surface area contributed by atoms with Crippen LogP contribution in [-0.2, 0) is 16.6 Å². The van der Waals surface area contributed by atoms with Crippen LogP contribution in [0.3, 0.4) is 0 Å². The molecule has 0 aliphatic rings. The van der Waals surface area contributed by atoms with Gasteiger partial charge in [0.25, 0.3) is 0 Å². The molecular formula is C14H24N2O2S. The van der Waals surface area contributed by atoms with Gasteiger partial charge in [-0.15, -0.1) is 0 Å². The van der Waals surface area contributed by atoms with E-state index in [1.807, 2.05) is 39.8 Å². The van der Waals surface area contributed by atoms with Gasteiger partial charge in [-0.3, -0.25) is 0 Å². The highest BCUT2D eigenvalue weighted by molar-refractivity contribution is 7.89. The van der Waals surface area contributed by atoms with E-state index < -0.39 is 10.0 Å². The molecule has 0 atom stereocenters. The number of hydrogen-bond acceptors (Lipinski definition) is 3. The molecule has 0 spiro atoms. The van der Waals surface area contributed by atoms with Crippen LogP contribution in [-0.4, -0.2) is 21.5 Å². The fourth-order valence-electron chi connectivity index (χ4n) is 1.67. The van der Waals surface area contributed by atoms with Crippen molar-refractivity contribution in [3.8, 4) is 0 Å². The van der Waals surface area contributed by atoms with Crippen molar-refractivity contribution in [1.29, 1.82) is 0 Å². The highest BCUT2D eigenvalue weighted by atomic mass is 32.2. The first kappa shape index (κ1) is 16.1. The molecule has 4 nitrogen and oxygen atoms in total. The van der Waals surface area contributed by atoms with Crippen LogP contribution in [0.5, 0.6) is 0 Å². The smallest absolute Gasteiger partial charge is 0.240 e. The molecule has 0 aliphatic heterocycles. The average Bonchev–Trinajstić information content (AvgIpc) is 2.35. The summed E-state index contributed by atoms with van der Waals surface area (Å²) in [7, 11) is -3.41. The van der Waals surface area contributed by atoms with Crippen LogP contribution in [0.4, 0.5) is 0 Å². The zero-order valence-corrected chi connectivity index (χ0v) is 13.0. The number of sulfonamides is 1. The van der Waals surface area contributed by atoms with Crippen LogP contribution < -0.4 is 10.0 Å². The summed E-state index contributed by atoms with van der Waals surface area (Å²) in [5.41, 5.74) is 1.76. The lowest BCUT2D eigenvalue weighted by atomic mass is 10.1. The van der Waals surface area contributed by atoms with Gasteiger partial charge in [0, 0.05) is 13.1 Å². The summed E-state index contributed by atoms with van der Waals surface area (Å²) in [5, 5.41) is 3.20. The number of rotatable bonds is 7. The molecule has 0 saturated heterocycles. The summed E-state index contributed by atoms with van der Waals surface area (Å²) in [6.45, 7) is 9.81. The lowest BCUT2D eigenvalue weighted by Crippen LogP contribution is -2.28. The second-order valence-corrected chi connectivity index (χ2v) is 6.86. The number of hydrogen-bond donors (Lipinski definition) is 2. The Balaban J connectivity index is 2.97. The Bertz CT molecular complexity index is 510. The predicted octanol–water partition coefficient (Wildman–Crippen LogP) is 2.04. The second kappa shape index (κ2) is 7.03. The van der Waals surface area contributed by atoms with Gasteiger partial charge in [-0.1, -0.05) is 32.9 Å². The van der Waals surface area contributed by atoms with Crippen molar-refractivity contribution in [2.45, 2.75) is 39.1 Å². The molecule has 0 saturated carbocycles. The van der Waals surface area contributed by atoms with Crippen molar-refractivity contribution in [3.63, 3.8) is 0 Å². The Morgan fingerprint density at radius 3 is 2.53 bits per heavy atom. The molecule has 0 aliphatic carbocycles. The zero-order chi connectivity index (χ0) is 14.5. The fraction of sp³-hybridized carbons (Fsp3) is 0.571. The molecule has 5 heteroatoms. The maximum absolute atomic E-state index is 12.3. The van der Waals surface area contributed by atoms with E-state index in [-0.39, 0.29) is 0 Å². The average molecular weight is 284 g/mol. The molecular weight excluding hydrogens is 260 g/mol. The van der Waals surface area contributed by atoms with Crippen LogP contribution in [0.25, 0.3) is 0 Å². The molecule has 0 aromatic heterocycles. The van der Waals surface area contributed by atoms with Crippen molar-refractivity contribution in [2.75, 3.05) is 13.1 Å². The van der Waals surface area contributed by atoms with Crippen molar-refractivity contribution in [1.82, 2.24) is 10.0 Å². The van der Waals surface area contributed by atoms with Gasteiger partial charge in [-0.2, -0.15) is 0 Å². The molecule has 108 valence electrons. The Morgan fingerprint density at radius 2 is 1.95 bits per heavy atom. The number of aryl methyl sites for hydroxylation is 1. The Morgan fingerprint density at radius 1 is 1.26 bits per heavy atom. The van der Waals surface area contributed by atoms with E-state index in [2.05, 4.69) is 10.0 Å². The van der Waals surface area contributed by atoms with E-state index in [9.17, 15) is 8.42 Å². The van der Waals surface area contributed by atoms with Crippen molar-refractivity contribution >= 4 is 10.0 Å². The molecule has 0 unspecified atom stereocenters. The molecule has 0 bridgehead atoms. The quantitative estimate of drug-likeness (QED) is 0.805. The molecule has 1 aromatic carbocycles. The normalized spacial score (nSPS) is 12.1. The van der Waals surface area contributed by atoms with E-state index in [0.29, 0.717) is 23.9 Å². The van der Waals surface area contributed by atoms with Gasteiger partial charge in [0.05, 0.1) is 4.90 Å². The molecule has 1 rings (SSSR count). The molecule has 0 amide bonds. The summed E-state index contributed by atoms with van der Waals surface area (Å²) in [6, 6.07) is 5.57. The molecule has 1 aromatic rings. The van der Waals surface area contributed by atoms with Crippen molar-refractivity contribution in [2.24, 2.45) is 5.92 Å². The van der Waals surface area contributed by atoms with Crippen LogP contribution >= 0.6 is 0 Å². The zero-order valence-electron chi connectivity index (χ0n) is 12.2. The molecule has 2 N–H and O–H groups in total. The lowest BCUT2D eigenvalue weighted by molar-refractivity contribution is 0.559. The Kier molecular flexibility index (Phi) is 5.97. The van der Waals surface area contributed by atoms with Gasteiger partial charge in [-0.25, -0.2) is 13.1 Å². The minimum absolute atomic E-state index is 0.292. The van der Waals surface area contributed by atoms with E-state index in [1.54, 1.807) is 6.07 Å². The van der Waals surface area contributed by atoms with E-state index in [0.717, 1.165) is 17.7 Å². The summed E-state index contributed by atoms with van der Waals surface area (Å²) < 4.78 is 27.2. The van der Waals surface area contributed by atoms with Crippen LogP contribution in [0, 0.1) is 12.8 Å². The SMILES string of the molecule is CCNCc1ccc(C)c(S(=O)(=O)NCC(C)C)c1. The molecule has 0 radical (unpaired) electrons. The third-order valence-corrected chi connectivity index (χ3v) is 4.37. The largest absolute Gasteiger partial charge is 0.313 e. The maximum Gasteiger partial charge on any atom is 0.240 e. The highest BCUT2D eigenvalue weighted by Gasteiger charge is 2.17. The monoisotopic (exact) mass is 284 g/mol. The Hall–Kier alpha value is -0.910. The first-order chi connectivity index (χ1) is 8.86. The van der Waals surface area contributed by atoms with Gasteiger partial charge in [0.1, 0.15) is 0 Å². The van der Waals surface area contributed by atoms with E-state index in [4.69, 9.17) is 0 Å². The van der Waals surface area contributed by atoms with E-state index in [1.165, 1.54) is 0 Å².